The summed E-state index contributed by atoms with van der Waals surface area (Å²) in [5, 5.41) is 6.85. The highest BCUT2D eigenvalue weighted by atomic mass is 32.2. The number of aromatic nitrogens is 3. The van der Waals surface area contributed by atoms with E-state index in [1.807, 2.05) is 24.4 Å². The third kappa shape index (κ3) is 4.53. The number of methoxy groups -OCH3 is 2. The van der Waals surface area contributed by atoms with E-state index in [4.69, 9.17) is 28.4 Å². The van der Waals surface area contributed by atoms with Gasteiger partial charge in [0.05, 0.1) is 38.5 Å². The molecule has 5 heterocycles. The van der Waals surface area contributed by atoms with Crippen LogP contribution in [-0.4, -0.2) is 83.6 Å². The largest absolute Gasteiger partial charge is 0.496 e. The van der Waals surface area contributed by atoms with Crippen molar-refractivity contribution in [2.24, 2.45) is 4.99 Å². The maximum absolute atomic E-state index is 6.27. The van der Waals surface area contributed by atoms with Gasteiger partial charge >= 0.3 is 0 Å². The molecule has 184 valence electrons. The molecule has 2 aliphatic heterocycles. The van der Waals surface area contributed by atoms with Gasteiger partial charge in [-0.15, -0.1) is 5.10 Å². The summed E-state index contributed by atoms with van der Waals surface area (Å²) in [5.41, 5.74) is 1.36. The lowest BCUT2D eigenvalue weighted by Gasteiger charge is -2.20. The molecule has 4 aromatic rings. The summed E-state index contributed by atoms with van der Waals surface area (Å²) in [6.45, 7) is 3.93. The Hall–Kier alpha value is -2.96. The highest BCUT2D eigenvalue weighted by Gasteiger charge is 2.25. The summed E-state index contributed by atoms with van der Waals surface area (Å²) in [7, 11) is 3.22. The van der Waals surface area contributed by atoms with E-state index in [2.05, 4.69) is 15.0 Å². The molecule has 35 heavy (non-hydrogen) atoms. The zero-order chi connectivity index (χ0) is 23.8. The van der Waals surface area contributed by atoms with Gasteiger partial charge < -0.3 is 28.3 Å². The van der Waals surface area contributed by atoms with Crippen LogP contribution in [0.5, 0.6) is 16.7 Å². The fourth-order valence-electron chi connectivity index (χ4n) is 4.11. The Morgan fingerprint density at radius 3 is 2.94 bits per heavy atom. The van der Waals surface area contributed by atoms with E-state index >= 15 is 0 Å². The standard InChI is InChI=1S/C23H25N5O5S2/c1-29-15-8-18(32-12-14-13-34-21(24-14)27-4-3-6-31-7-5-27)16-10-20(33-19(16)9-15)17-11-28-22(25-17)35-23(26-28)30-2/h8-11,14H,3-7,12-13H2,1-2H3. The predicted molar refractivity (Wildman–Crippen MR) is 135 cm³/mol. The first kappa shape index (κ1) is 22.5. The molecule has 12 heteroatoms. The van der Waals surface area contributed by atoms with Gasteiger partial charge in [-0.05, 0) is 23.8 Å². The van der Waals surface area contributed by atoms with E-state index in [0.29, 0.717) is 40.3 Å². The van der Waals surface area contributed by atoms with Crippen molar-refractivity contribution in [2.75, 3.05) is 52.9 Å². The van der Waals surface area contributed by atoms with Gasteiger partial charge in [0.2, 0.25) is 4.96 Å². The Morgan fingerprint density at radius 2 is 2.09 bits per heavy atom. The molecule has 0 N–H and O–H groups in total. The summed E-state index contributed by atoms with van der Waals surface area (Å²) >= 11 is 3.16. The number of fused-ring (bicyclic) bond motifs is 2. The van der Waals surface area contributed by atoms with E-state index in [1.54, 1.807) is 30.5 Å². The Balaban J connectivity index is 1.23. The van der Waals surface area contributed by atoms with Crippen molar-refractivity contribution in [3.63, 3.8) is 0 Å². The fourth-order valence-corrected chi connectivity index (χ4v) is 5.91. The minimum atomic E-state index is 0.0905. The van der Waals surface area contributed by atoms with Crippen LogP contribution in [0.3, 0.4) is 0 Å². The highest BCUT2D eigenvalue weighted by molar-refractivity contribution is 8.14. The topological polar surface area (TPSA) is 95.9 Å². The van der Waals surface area contributed by atoms with E-state index < -0.39 is 0 Å². The van der Waals surface area contributed by atoms with Crippen LogP contribution in [0.25, 0.3) is 27.4 Å². The van der Waals surface area contributed by atoms with Crippen molar-refractivity contribution in [2.45, 2.75) is 12.5 Å². The van der Waals surface area contributed by atoms with Crippen LogP contribution >= 0.6 is 23.1 Å². The van der Waals surface area contributed by atoms with E-state index in [0.717, 1.165) is 54.0 Å². The monoisotopic (exact) mass is 515 g/mol. The molecular weight excluding hydrogens is 490 g/mol. The molecular formula is C23H25N5O5S2. The van der Waals surface area contributed by atoms with Crippen LogP contribution in [0.15, 0.2) is 33.8 Å². The fraction of sp³-hybridized carbons (Fsp3) is 0.435. The summed E-state index contributed by atoms with van der Waals surface area (Å²) in [5.74, 6) is 2.90. The Labute approximate surface area is 209 Å². The van der Waals surface area contributed by atoms with Crippen molar-refractivity contribution < 1.29 is 23.4 Å². The van der Waals surface area contributed by atoms with Gasteiger partial charge in [0.1, 0.15) is 29.4 Å². The lowest BCUT2D eigenvalue weighted by Crippen LogP contribution is -2.30. The van der Waals surface area contributed by atoms with Crippen LogP contribution in [0, 0.1) is 0 Å². The van der Waals surface area contributed by atoms with Gasteiger partial charge in [0.25, 0.3) is 5.19 Å². The molecule has 6 rings (SSSR count). The number of nitrogens with zero attached hydrogens (tertiary/aromatic N) is 5. The first-order valence-corrected chi connectivity index (χ1v) is 13.2. The molecule has 0 spiro atoms. The summed E-state index contributed by atoms with van der Waals surface area (Å²) < 4.78 is 30.3. The number of thioether (sulfide) groups is 1. The Kier molecular flexibility index (Phi) is 6.17. The number of rotatable bonds is 6. The molecule has 0 radical (unpaired) electrons. The molecule has 0 aliphatic carbocycles. The van der Waals surface area contributed by atoms with Crippen molar-refractivity contribution in [1.29, 1.82) is 0 Å². The predicted octanol–water partition coefficient (Wildman–Crippen LogP) is 3.79. The second kappa shape index (κ2) is 9.59. The molecule has 2 aliphatic rings. The van der Waals surface area contributed by atoms with Crippen LogP contribution in [0.1, 0.15) is 6.42 Å². The molecule has 1 fully saturated rings. The average Bonchev–Trinajstić information content (AvgIpc) is 3.62. The Bertz CT molecular complexity index is 1340. The third-order valence-electron chi connectivity index (χ3n) is 5.88. The third-order valence-corrected chi connectivity index (χ3v) is 7.94. The molecule has 0 saturated carbocycles. The Morgan fingerprint density at radius 1 is 1.14 bits per heavy atom. The van der Waals surface area contributed by atoms with Crippen molar-refractivity contribution >= 4 is 44.2 Å². The van der Waals surface area contributed by atoms with Gasteiger partial charge in [-0.2, -0.15) is 0 Å². The van der Waals surface area contributed by atoms with Crippen molar-refractivity contribution in [3.05, 3.63) is 24.4 Å². The zero-order valence-electron chi connectivity index (χ0n) is 19.4. The van der Waals surface area contributed by atoms with Crippen molar-refractivity contribution in [3.8, 4) is 28.1 Å². The molecule has 0 bridgehead atoms. The van der Waals surface area contributed by atoms with Crippen LogP contribution in [0.2, 0.25) is 0 Å². The zero-order valence-corrected chi connectivity index (χ0v) is 21.1. The van der Waals surface area contributed by atoms with Gasteiger partial charge in [-0.3, -0.25) is 4.99 Å². The first-order valence-electron chi connectivity index (χ1n) is 11.4. The van der Waals surface area contributed by atoms with E-state index in [9.17, 15) is 0 Å². The number of amidine groups is 1. The minimum Gasteiger partial charge on any atom is -0.496 e. The van der Waals surface area contributed by atoms with Gasteiger partial charge in [0, 0.05) is 37.6 Å². The maximum Gasteiger partial charge on any atom is 0.294 e. The van der Waals surface area contributed by atoms with Gasteiger partial charge in [-0.1, -0.05) is 11.8 Å². The quantitative estimate of drug-likeness (QED) is 0.380. The second-order valence-electron chi connectivity index (χ2n) is 8.21. The van der Waals surface area contributed by atoms with E-state index in [-0.39, 0.29) is 6.04 Å². The first-order chi connectivity index (χ1) is 17.2. The number of benzene rings is 1. The molecule has 1 saturated heterocycles. The number of imidazole rings is 1. The molecule has 0 amide bonds. The van der Waals surface area contributed by atoms with Crippen LogP contribution in [-0.2, 0) is 4.74 Å². The van der Waals surface area contributed by atoms with Crippen LogP contribution < -0.4 is 14.2 Å². The smallest absolute Gasteiger partial charge is 0.294 e. The molecule has 1 unspecified atom stereocenters. The molecule has 3 aromatic heterocycles. The number of furan rings is 1. The normalized spacial score (nSPS) is 18.7. The van der Waals surface area contributed by atoms with Crippen molar-refractivity contribution in [1.82, 2.24) is 19.5 Å². The lowest BCUT2D eigenvalue weighted by atomic mass is 10.2. The number of ether oxygens (including phenoxy) is 4. The number of hydrogen-bond donors (Lipinski definition) is 0. The highest BCUT2D eigenvalue weighted by Crippen LogP contribution is 2.37. The molecule has 1 atom stereocenters. The SMILES string of the molecule is COc1cc(OCC2CSC(N3CCCOCC3)=N2)c2cc(-c3cn4nc(OC)sc4n3)oc2c1. The number of aliphatic imine (C=N–C) groups is 1. The average molecular weight is 516 g/mol. The van der Waals surface area contributed by atoms with E-state index in [1.165, 1.54) is 11.3 Å². The van der Waals surface area contributed by atoms with Gasteiger partial charge in [-0.25, -0.2) is 9.50 Å². The number of hydrogen-bond acceptors (Lipinski definition) is 11. The second-order valence-corrected chi connectivity index (χ2v) is 10.1. The molecule has 1 aromatic carbocycles. The maximum atomic E-state index is 6.27. The van der Waals surface area contributed by atoms with Gasteiger partial charge in [0.15, 0.2) is 10.9 Å². The summed E-state index contributed by atoms with van der Waals surface area (Å²) in [6.07, 6.45) is 2.85. The van der Waals surface area contributed by atoms with Crippen LogP contribution in [0.4, 0.5) is 0 Å². The lowest BCUT2D eigenvalue weighted by molar-refractivity contribution is 0.147. The molecule has 10 nitrogen and oxygen atoms in total. The minimum absolute atomic E-state index is 0.0905. The summed E-state index contributed by atoms with van der Waals surface area (Å²) in [6, 6.07) is 5.78. The summed E-state index contributed by atoms with van der Waals surface area (Å²) in [4.78, 5) is 12.6.